The third kappa shape index (κ3) is 2.30. The molecule has 0 radical (unpaired) electrons. The molecule has 5 nitrogen and oxygen atoms in total. The highest BCUT2D eigenvalue weighted by Gasteiger charge is 2.18. The number of para-hydroxylation sites is 2. The van der Waals surface area contributed by atoms with Crippen molar-refractivity contribution in [1.82, 2.24) is 4.98 Å². The van der Waals surface area contributed by atoms with Crippen LogP contribution in [0.25, 0.3) is 0 Å². The molecule has 0 bridgehead atoms. The molecule has 5 heteroatoms. The molecule has 0 unspecified atom stereocenters. The molecule has 0 atom stereocenters. The zero-order valence-corrected chi connectivity index (χ0v) is 11.0. The molecule has 1 aliphatic rings. The molecule has 102 valence electrons. The number of ether oxygens (including phenoxy) is 1. The minimum absolute atomic E-state index is 0.0491. The van der Waals surface area contributed by atoms with Crippen LogP contribution in [0.2, 0.25) is 0 Å². The SMILES string of the molecule is N=C(N)c1ccnc(N2CCCOc3ccccc32)c1. The van der Waals surface area contributed by atoms with Gasteiger partial charge in [-0.25, -0.2) is 4.98 Å². The van der Waals surface area contributed by atoms with E-state index in [0.29, 0.717) is 12.2 Å². The van der Waals surface area contributed by atoms with Crippen molar-refractivity contribution in [2.45, 2.75) is 6.42 Å². The number of fused-ring (bicyclic) bond motifs is 1. The number of pyridine rings is 1. The van der Waals surface area contributed by atoms with Crippen molar-refractivity contribution >= 4 is 17.3 Å². The van der Waals surface area contributed by atoms with Gasteiger partial charge in [0.05, 0.1) is 12.3 Å². The number of amidine groups is 1. The van der Waals surface area contributed by atoms with Crippen molar-refractivity contribution in [3.63, 3.8) is 0 Å². The number of anilines is 2. The monoisotopic (exact) mass is 268 g/mol. The van der Waals surface area contributed by atoms with E-state index in [4.69, 9.17) is 15.9 Å². The normalized spacial score (nSPS) is 14.1. The Bertz CT molecular complexity index is 641. The van der Waals surface area contributed by atoms with Crippen LogP contribution in [0.5, 0.6) is 5.75 Å². The lowest BCUT2D eigenvalue weighted by Gasteiger charge is -2.23. The van der Waals surface area contributed by atoms with Gasteiger partial charge < -0.3 is 15.4 Å². The Morgan fingerprint density at radius 1 is 1.30 bits per heavy atom. The summed E-state index contributed by atoms with van der Waals surface area (Å²) in [6.45, 7) is 1.52. The second-order valence-corrected chi connectivity index (χ2v) is 4.64. The van der Waals surface area contributed by atoms with Crippen LogP contribution in [0, 0.1) is 5.41 Å². The zero-order valence-electron chi connectivity index (χ0n) is 11.0. The fourth-order valence-electron chi connectivity index (χ4n) is 2.30. The Hall–Kier alpha value is -2.56. The van der Waals surface area contributed by atoms with Gasteiger partial charge in [0.25, 0.3) is 0 Å². The van der Waals surface area contributed by atoms with Crippen LogP contribution in [0.15, 0.2) is 42.6 Å². The molecule has 0 spiro atoms. The van der Waals surface area contributed by atoms with Gasteiger partial charge in [0.1, 0.15) is 17.4 Å². The number of hydrogen-bond donors (Lipinski definition) is 2. The highest BCUT2D eigenvalue weighted by molar-refractivity contribution is 5.95. The first-order valence-electron chi connectivity index (χ1n) is 6.55. The van der Waals surface area contributed by atoms with Crippen molar-refractivity contribution < 1.29 is 4.74 Å². The predicted octanol–water partition coefficient (Wildman–Crippen LogP) is 2.29. The molecule has 2 heterocycles. The number of benzene rings is 1. The molecule has 0 fully saturated rings. The van der Waals surface area contributed by atoms with E-state index in [1.54, 1.807) is 12.3 Å². The summed E-state index contributed by atoms with van der Waals surface area (Å²) < 4.78 is 5.74. The lowest BCUT2D eigenvalue weighted by molar-refractivity contribution is 0.322. The Morgan fingerprint density at radius 2 is 2.15 bits per heavy atom. The number of nitrogens with zero attached hydrogens (tertiary/aromatic N) is 2. The van der Waals surface area contributed by atoms with Crippen LogP contribution in [0.1, 0.15) is 12.0 Å². The molecule has 3 N–H and O–H groups in total. The molecule has 0 aliphatic carbocycles. The van der Waals surface area contributed by atoms with Crippen LogP contribution in [0.4, 0.5) is 11.5 Å². The molecule has 1 aromatic carbocycles. The number of nitrogens with one attached hydrogen (secondary N) is 1. The standard InChI is InChI=1S/C15H16N4O/c16-15(17)11-6-7-18-14(10-11)19-8-3-9-20-13-5-2-1-4-12(13)19/h1-2,4-7,10H,3,8-9H2,(H3,16,17). The summed E-state index contributed by atoms with van der Waals surface area (Å²) in [4.78, 5) is 6.51. The average Bonchev–Trinajstić information content (AvgIpc) is 2.69. The van der Waals surface area contributed by atoms with Crippen molar-refractivity contribution in [2.24, 2.45) is 5.73 Å². The number of rotatable bonds is 2. The summed E-state index contributed by atoms with van der Waals surface area (Å²) in [5.74, 6) is 1.70. The maximum Gasteiger partial charge on any atom is 0.142 e. The topological polar surface area (TPSA) is 75.2 Å². The van der Waals surface area contributed by atoms with Gasteiger partial charge in [-0.2, -0.15) is 0 Å². The summed E-state index contributed by atoms with van der Waals surface area (Å²) in [6, 6.07) is 11.5. The van der Waals surface area contributed by atoms with E-state index in [0.717, 1.165) is 30.2 Å². The first-order chi connectivity index (χ1) is 9.75. The molecule has 0 amide bonds. The third-order valence-electron chi connectivity index (χ3n) is 3.27. The van der Waals surface area contributed by atoms with E-state index in [9.17, 15) is 0 Å². The summed E-state index contributed by atoms with van der Waals surface area (Å²) in [7, 11) is 0. The van der Waals surface area contributed by atoms with Crippen LogP contribution >= 0.6 is 0 Å². The minimum Gasteiger partial charge on any atom is -0.491 e. The van der Waals surface area contributed by atoms with Crippen molar-refractivity contribution in [1.29, 1.82) is 5.41 Å². The van der Waals surface area contributed by atoms with Gasteiger partial charge in [-0.1, -0.05) is 12.1 Å². The highest BCUT2D eigenvalue weighted by atomic mass is 16.5. The van der Waals surface area contributed by atoms with Gasteiger partial charge >= 0.3 is 0 Å². The summed E-state index contributed by atoms with van der Waals surface area (Å²) in [5.41, 5.74) is 7.23. The van der Waals surface area contributed by atoms with Gasteiger partial charge in [0, 0.05) is 18.3 Å². The number of nitrogens with two attached hydrogens (primary N) is 1. The van der Waals surface area contributed by atoms with E-state index in [2.05, 4.69) is 9.88 Å². The molecule has 1 aliphatic heterocycles. The van der Waals surface area contributed by atoms with E-state index >= 15 is 0 Å². The maximum absolute atomic E-state index is 7.54. The average molecular weight is 268 g/mol. The van der Waals surface area contributed by atoms with Gasteiger partial charge in [0.2, 0.25) is 0 Å². The van der Waals surface area contributed by atoms with E-state index in [1.807, 2.05) is 30.3 Å². The van der Waals surface area contributed by atoms with Gasteiger partial charge in [-0.05, 0) is 30.7 Å². The first kappa shape index (κ1) is 12.5. The number of hydrogen-bond acceptors (Lipinski definition) is 4. The Kier molecular flexibility index (Phi) is 3.25. The van der Waals surface area contributed by atoms with E-state index < -0.39 is 0 Å². The Labute approximate surface area is 117 Å². The lowest BCUT2D eigenvalue weighted by atomic mass is 10.2. The number of aromatic nitrogens is 1. The van der Waals surface area contributed by atoms with Crippen LogP contribution < -0.4 is 15.4 Å². The van der Waals surface area contributed by atoms with Crippen molar-refractivity contribution in [3.05, 3.63) is 48.2 Å². The Balaban J connectivity index is 2.05. The smallest absolute Gasteiger partial charge is 0.142 e. The molecule has 2 aromatic rings. The van der Waals surface area contributed by atoms with Crippen LogP contribution in [0.3, 0.4) is 0 Å². The first-order valence-corrected chi connectivity index (χ1v) is 6.55. The maximum atomic E-state index is 7.54. The van der Waals surface area contributed by atoms with E-state index in [-0.39, 0.29) is 5.84 Å². The quantitative estimate of drug-likeness (QED) is 0.647. The van der Waals surface area contributed by atoms with E-state index in [1.165, 1.54) is 0 Å². The van der Waals surface area contributed by atoms with Crippen molar-refractivity contribution in [2.75, 3.05) is 18.1 Å². The fraction of sp³-hybridized carbons (Fsp3) is 0.200. The largest absolute Gasteiger partial charge is 0.491 e. The zero-order chi connectivity index (χ0) is 13.9. The molecule has 0 saturated heterocycles. The molecule has 20 heavy (non-hydrogen) atoms. The summed E-state index contributed by atoms with van der Waals surface area (Å²) >= 11 is 0. The Morgan fingerprint density at radius 3 is 3.00 bits per heavy atom. The summed E-state index contributed by atoms with van der Waals surface area (Å²) in [5, 5.41) is 7.54. The second kappa shape index (κ2) is 5.21. The molecule has 1 aromatic heterocycles. The van der Waals surface area contributed by atoms with Crippen molar-refractivity contribution in [3.8, 4) is 5.75 Å². The molecular formula is C15H16N4O. The number of nitrogen functional groups attached to an aromatic ring is 1. The van der Waals surface area contributed by atoms with Gasteiger partial charge in [0.15, 0.2) is 0 Å². The second-order valence-electron chi connectivity index (χ2n) is 4.64. The highest BCUT2D eigenvalue weighted by Crippen LogP contribution is 2.34. The van der Waals surface area contributed by atoms with Gasteiger partial charge in [-0.3, -0.25) is 5.41 Å². The predicted molar refractivity (Wildman–Crippen MR) is 78.8 cm³/mol. The molecule has 0 saturated carbocycles. The van der Waals surface area contributed by atoms with Crippen LogP contribution in [-0.2, 0) is 0 Å². The third-order valence-corrected chi connectivity index (χ3v) is 3.27. The fourth-order valence-corrected chi connectivity index (χ4v) is 2.30. The summed E-state index contributed by atoms with van der Waals surface area (Å²) in [6.07, 6.45) is 2.60. The minimum atomic E-state index is 0.0491. The molecular weight excluding hydrogens is 252 g/mol. The lowest BCUT2D eigenvalue weighted by Crippen LogP contribution is -2.20. The van der Waals surface area contributed by atoms with Crippen LogP contribution in [-0.4, -0.2) is 24.0 Å². The van der Waals surface area contributed by atoms with Gasteiger partial charge in [-0.15, -0.1) is 0 Å². The molecule has 3 rings (SSSR count).